The summed E-state index contributed by atoms with van der Waals surface area (Å²) in [5.41, 5.74) is 2.53. The number of hydrogen-bond acceptors (Lipinski definition) is 1. The van der Waals surface area contributed by atoms with Gasteiger partial charge >= 0.3 is 0 Å². The maximum Gasteiger partial charge on any atom is 0.268 e. The number of aromatic nitrogens is 1. The van der Waals surface area contributed by atoms with Gasteiger partial charge in [-0.1, -0.05) is 12.2 Å². The van der Waals surface area contributed by atoms with Crippen molar-refractivity contribution in [1.29, 1.82) is 0 Å². The smallest absolute Gasteiger partial charge is 0.268 e. The van der Waals surface area contributed by atoms with Gasteiger partial charge in [0.1, 0.15) is 5.69 Å². The van der Waals surface area contributed by atoms with Gasteiger partial charge in [-0.2, -0.15) is 0 Å². The zero-order chi connectivity index (χ0) is 9.84. The Labute approximate surface area is 77.9 Å². The second-order valence-corrected chi connectivity index (χ2v) is 3.18. The first-order chi connectivity index (χ1) is 6.11. The zero-order valence-electron chi connectivity index (χ0n) is 7.98. The summed E-state index contributed by atoms with van der Waals surface area (Å²) in [4.78, 5) is 14.3. The summed E-state index contributed by atoms with van der Waals surface area (Å²) in [6, 6.07) is 1.87. The highest BCUT2D eigenvalue weighted by Crippen LogP contribution is 2.03. The number of aromatic amines is 1. The standard InChI is InChI=1S/C10H14N2O/c1-7(2)6-12-10(13)9-8(3)4-5-11-9/h4-5,11H,1,6H2,2-3H3,(H,12,13). The van der Waals surface area contributed by atoms with Crippen LogP contribution in [0.5, 0.6) is 0 Å². The quantitative estimate of drug-likeness (QED) is 0.679. The van der Waals surface area contributed by atoms with Crippen molar-refractivity contribution >= 4 is 5.91 Å². The molecule has 3 heteroatoms. The van der Waals surface area contributed by atoms with Crippen LogP contribution < -0.4 is 5.32 Å². The first kappa shape index (κ1) is 9.58. The minimum absolute atomic E-state index is 0.0782. The highest BCUT2D eigenvalue weighted by atomic mass is 16.1. The molecule has 3 nitrogen and oxygen atoms in total. The summed E-state index contributed by atoms with van der Waals surface area (Å²) >= 11 is 0. The van der Waals surface area contributed by atoms with E-state index in [9.17, 15) is 4.79 Å². The Morgan fingerprint density at radius 3 is 2.85 bits per heavy atom. The van der Waals surface area contributed by atoms with Crippen LogP contribution in [0.25, 0.3) is 0 Å². The average molecular weight is 178 g/mol. The molecule has 1 rings (SSSR count). The molecule has 0 saturated carbocycles. The number of amides is 1. The molecule has 0 unspecified atom stereocenters. The molecule has 13 heavy (non-hydrogen) atoms. The van der Waals surface area contributed by atoms with E-state index >= 15 is 0 Å². The van der Waals surface area contributed by atoms with E-state index in [-0.39, 0.29) is 5.91 Å². The molecule has 1 heterocycles. The number of hydrogen-bond donors (Lipinski definition) is 2. The van der Waals surface area contributed by atoms with E-state index in [2.05, 4.69) is 16.9 Å². The molecule has 0 aromatic carbocycles. The van der Waals surface area contributed by atoms with Crippen LogP contribution in [0.4, 0.5) is 0 Å². The van der Waals surface area contributed by atoms with Gasteiger partial charge in [0.15, 0.2) is 0 Å². The van der Waals surface area contributed by atoms with Crippen LogP contribution in [0.1, 0.15) is 23.0 Å². The zero-order valence-corrected chi connectivity index (χ0v) is 7.98. The van der Waals surface area contributed by atoms with E-state index in [1.165, 1.54) is 0 Å². The molecule has 70 valence electrons. The number of H-pyrrole nitrogens is 1. The highest BCUT2D eigenvalue weighted by molar-refractivity contribution is 5.93. The van der Waals surface area contributed by atoms with Gasteiger partial charge in [-0.25, -0.2) is 0 Å². The van der Waals surface area contributed by atoms with Crippen LogP contribution in [0.3, 0.4) is 0 Å². The van der Waals surface area contributed by atoms with Gasteiger partial charge in [0.25, 0.3) is 5.91 Å². The molecular formula is C10H14N2O. The Morgan fingerprint density at radius 1 is 1.69 bits per heavy atom. The number of carbonyl (C=O) groups excluding carboxylic acids is 1. The van der Waals surface area contributed by atoms with Gasteiger partial charge in [0.2, 0.25) is 0 Å². The van der Waals surface area contributed by atoms with Crippen LogP contribution in [-0.4, -0.2) is 17.4 Å². The fraction of sp³-hybridized carbons (Fsp3) is 0.300. The second-order valence-electron chi connectivity index (χ2n) is 3.18. The van der Waals surface area contributed by atoms with Crippen molar-refractivity contribution in [1.82, 2.24) is 10.3 Å². The maximum absolute atomic E-state index is 11.4. The van der Waals surface area contributed by atoms with Crippen LogP contribution in [0, 0.1) is 6.92 Å². The predicted molar refractivity (Wildman–Crippen MR) is 52.7 cm³/mol. The number of carbonyl (C=O) groups is 1. The summed E-state index contributed by atoms with van der Waals surface area (Å²) in [6.07, 6.45) is 1.75. The number of rotatable bonds is 3. The first-order valence-electron chi connectivity index (χ1n) is 4.18. The molecular weight excluding hydrogens is 164 g/mol. The van der Waals surface area contributed by atoms with Gasteiger partial charge in [-0.15, -0.1) is 0 Å². The molecule has 1 aromatic heterocycles. The fourth-order valence-corrected chi connectivity index (χ4v) is 1.01. The maximum atomic E-state index is 11.4. The van der Waals surface area contributed by atoms with Crippen molar-refractivity contribution in [2.24, 2.45) is 0 Å². The first-order valence-corrected chi connectivity index (χ1v) is 4.18. The molecule has 0 aliphatic rings. The lowest BCUT2D eigenvalue weighted by Gasteiger charge is -2.03. The molecule has 0 aliphatic heterocycles. The van der Waals surface area contributed by atoms with Gasteiger partial charge in [0.05, 0.1) is 0 Å². The van der Waals surface area contributed by atoms with Crippen molar-refractivity contribution in [2.75, 3.05) is 6.54 Å². The van der Waals surface area contributed by atoms with E-state index in [1.807, 2.05) is 19.9 Å². The minimum Gasteiger partial charge on any atom is -0.357 e. The van der Waals surface area contributed by atoms with Crippen molar-refractivity contribution in [3.05, 3.63) is 35.7 Å². The van der Waals surface area contributed by atoms with Gasteiger partial charge < -0.3 is 10.3 Å². The minimum atomic E-state index is -0.0782. The summed E-state index contributed by atoms with van der Waals surface area (Å²) in [6.45, 7) is 8.00. The summed E-state index contributed by atoms with van der Waals surface area (Å²) in [7, 11) is 0. The molecule has 0 spiro atoms. The SMILES string of the molecule is C=C(C)CNC(=O)c1[nH]ccc1C. The van der Waals surface area contributed by atoms with E-state index in [0.29, 0.717) is 12.2 Å². The third kappa shape index (κ3) is 2.47. The summed E-state index contributed by atoms with van der Waals surface area (Å²) < 4.78 is 0. The normalized spacial score (nSPS) is 9.69. The number of nitrogens with one attached hydrogen (secondary N) is 2. The van der Waals surface area contributed by atoms with Gasteiger partial charge in [-0.05, 0) is 25.5 Å². The Balaban J connectivity index is 2.59. The highest BCUT2D eigenvalue weighted by Gasteiger charge is 2.08. The second kappa shape index (κ2) is 3.94. The Hall–Kier alpha value is -1.51. The topological polar surface area (TPSA) is 44.9 Å². The largest absolute Gasteiger partial charge is 0.357 e. The van der Waals surface area contributed by atoms with Crippen molar-refractivity contribution in [3.63, 3.8) is 0 Å². The molecule has 0 fully saturated rings. The van der Waals surface area contributed by atoms with E-state index in [4.69, 9.17) is 0 Å². The third-order valence-electron chi connectivity index (χ3n) is 1.73. The lowest BCUT2D eigenvalue weighted by Crippen LogP contribution is -2.25. The third-order valence-corrected chi connectivity index (χ3v) is 1.73. The number of aryl methyl sites for hydroxylation is 1. The summed E-state index contributed by atoms with van der Waals surface area (Å²) in [5.74, 6) is -0.0782. The average Bonchev–Trinajstić information content (AvgIpc) is 2.47. The van der Waals surface area contributed by atoms with E-state index < -0.39 is 0 Å². The van der Waals surface area contributed by atoms with E-state index in [1.54, 1.807) is 6.20 Å². The van der Waals surface area contributed by atoms with Crippen molar-refractivity contribution < 1.29 is 4.79 Å². The molecule has 0 saturated heterocycles. The Morgan fingerprint density at radius 2 is 2.38 bits per heavy atom. The predicted octanol–water partition coefficient (Wildman–Crippen LogP) is 1.63. The van der Waals surface area contributed by atoms with Crippen LogP contribution in [-0.2, 0) is 0 Å². The molecule has 0 atom stereocenters. The fourth-order valence-electron chi connectivity index (χ4n) is 1.01. The van der Waals surface area contributed by atoms with Crippen molar-refractivity contribution in [2.45, 2.75) is 13.8 Å². The Bertz CT molecular complexity index is 325. The molecule has 1 amide bonds. The van der Waals surface area contributed by atoms with Crippen LogP contribution in [0.2, 0.25) is 0 Å². The van der Waals surface area contributed by atoms with Gasteiger partial charge in [-0.3, -0.25) is 4.79 Å². The molecule has 2 N–H and O–H groups in total. The van der Waals surface area contributed by atoms with Crippen LogP contribution in [0.15, 0.2) is 24.4 Å². The molecule has 0 radical (unpaired) electrons. The van der Waals surface area contributed by atoms with Crippen LogP contribution >= 0.6 is 0 Å². The monoisotopic (exact) mass is 178 g/mol. The lowest BCUT2D eigenvalue weighted by molar-refractivity contribution is 0.0952. The molecule has 0 bridgehead atoms. The molecule has 0 aliphatic carbocycles. The van der Waals surface area contributed by atoms with Crippen molar-refractivity contribution in [3.8, 4) is 0 Å². The summed E-state index contributed by atoms with van der Waals surface area (Å²) in [5, 5.41) is 2.76. The molecule has 1 aromatic rings. The lowest BCUT2D eigenvalue weighted by atomic mass is 10.2. The van der Waals surface area contributed by atoms with E-state index in [0.717, 1.165) is 11.1 Å². The Kier molecular flexibility index (Phi) is 2.90. The van der Waals surface area contributed by atoms with Gasteiger partial charge in [0, 0.05) is 12.7 Å².